The van der Waals surface area contributed by atoms with E-state index in [1.54, 1.807) is 18.2 Å². The van der Waals surface area contributed by atoms with Crippen LogP contribution in [0.25, 0.3) is 0 Å². The molecule has 0 bridgehead atoms. The van der Waals surface area contributed by atoms with Gasteiger partial charge in [0, 0.05) is 0 Å². The number of aliphatic carboxylic acids is 1. The van der Waals surface area contributed by atoms with Gasteiger partial charge in [-0.05, 0) is 96.3 Å². The minimum atomic E-state index is -4.79. The van der Waals surface area contributed by atoms with E-state index in [-0.39, 0.29) is 12.8 Å². The van der Waals surface area contributed by atoms with Crippen LogP contribution in [0, 0.1) is 0 Å². The van der Waals surface area contributed by atoms with Gasteiger partial charge in [-0.3, -0.25) is 23.4 Å². The number of phosphoric acid groups is 1. The van der Waals surface area contributed by atoms with Gasteiger partial charge in [0.25, 0.3) is 0 Å². The van der Waals surface area contributed by atoms with Crippen LogP contribution in [-0.2, 0) is 37.5 Å². The molecule has 12 heteroatoms. The highest BCUT2D eigenvalue weighted by Crippen LogP contribution is 2.43. The highest BCUT2D eigenvalue weighted by molar-refractivity contribution is 7.47. The van der Waals surface area contributed by atoms with Gasteiger partial charge in [0.1, 0.15) is 12.6 Å². The molecule has 0 saturated carbocycles. The average Bonchev–Trinajstić information content (AvgIpc) is 3.35. The Balaban J connectivity index is 4.60. The number of carbonyl (C=O) groups is 3. The summed E-state index contributed by atoms with van der Waals surface area (Å²) in [5.41, 5.74) is 5.34. The van der Waals surface area contributed by atoms with Crippen LogP contribution >= 0.6 is 7.82 Å². The quantitative estimate of drug-likeness (QED) is 0.0230. The number of unbranched alkanes of at least 4 members (excludes halogenated alkanes) is 2. The molecule has 0 rings (SSSR count). The number of ether oxygens (including phenoxy) is 2. The lowest BCUT2D eigenvalue weighted by Crippen LogP contribution is -2.34. The molecule has 392 valence electrons. The summed E-state index contributed by atoms with van der Waals surface area (Å²) in [6, 6.07) is -1.56. The van der Waals surface area contributed by atoms with E-state index < -0.39 is 57.7 Å². The van der Waals surface area contributed by atoms with Crippen molar-refractivity contribution in [1.29, 1.82) is 0 Å². The highest BCUT2D eigenvalue weighted by atomic mass is 31.2. The largest absolute Gasteiger partial charge is 0.480 e. The van der Waals surface area contributed by atoms with Crippen LogP contribution in [0.15, 0.2) is 182 Å². The van der Waals surface area contributed by atoms with Gasteiger partial charge in [0.05, 0.1) is 26.1 Å². The second-order valence-electron chi connectivity index (χ2n) is 15.9. The van der Waals surface area contributed by atoms with Gasteiger partial charge in [-0.2, -0.15) is 0 Å². The summed E-state index contributed by atoms with van der Waals surface area (Å²) in [4.78, 5) is 46.1. The van der Waals surface area contributed by atoms with Crippen LogP contribution < -0.4 is 5.73 Å². The van der Waals surface area contributed by atoms with Crippen molar-refractivity contribution < 1.29 is 47.5 Å². The fourth-order valence-corrected chi connectivity index (χ4v) is 6.32. The molecule has 0 amide bonds. The maximum atomic E-state index is 12.6. The first-order valence-corrected chi connectivity index (χ1v) is 26.8. The standard InChI is InChI=1S/C59H86NO10P/c1-3-5-7-9-11-13-15-17-19-21-23-25-27-29-30-32-34-36-38-40-42-44-46-48-50-57(61)67-52-55(53-68-71(65,66)69-54-56(60)59(63)64)70-58(62)51-49-47-45-43-41-39-37-35-33-31-28-26-24-22-20-18-16-14-12-10-8-6-4-2/h5,7,10-13,16-19,22-25,28-31,34-37,40-43,46-49,55-56H,3-4,6,8-9,14-15,20-21,26-27,32-33,38-39,44-45,50-54,60H2,1-2H3,(H,63,64)(H,65,66)/t55-,56+/m1/s1. The Hall–Kier alpha value is -5.42. The van der Waals surface area contributed by atoms with Crippen LogP contribution in [0.2, 0.25) is 0 Å². The third-order valence-electron chi connectivity index (χ3n) is 9.45. The van der Waals surface area contributed by atoms with Crippen molar-refractivity contribution >= 4 is 25.7 Å². The van der Waals surface area contributed by atoms with E-state index >= 15 is 0 Å². The second-order valence-corrected chi connectivity index (χ2v) is 17.3. The van der Waals surface area contributed by atoms with E-state index in [0.29, 0.717) is 12.8 Å². The second kappa shape index (κ2) is 51.0. The number of carboxylic acids is 1. The predicted molar refractivity (Wildman–Crippen MR) is 294 cm³/mol. The zero-order chi connectivity index (χ0) is 52.0. The highest BCUT2D eigenvalue weighted by Gasteiger charge is 2.28. The fourth-order valence-electron chi connectivity index (χ4n) is 5.54. The zero-order valence-electron chi connectivity index (χ0n) is 42.7. The summed E-state index contributed by atoms with van der Waals surface area (Å²) in [7, 11) is -4.79. The number of esters is 2. The van der Waals surface area contributed by atoms with E-state index in [1.807, 2.05) is 30.4 Å². The molecule has 0 aliphatic heterocycles. The summed E-state index contributed by atoms with van der Waals surface area (Å²) in [6.45, 7) is 2.42. The van der Waals surface area contributed by atoms with Gasteiger partial charge in [0.2, 0.25) is 0 Å². The van der Waals surface area contributed by atoms with Crippen LogP contribution in [0.1, 0.15) is 136 Å². The van der Waals surface area contributed by atoms with Crippen molar-refractivity contribution in [2.75, 3.05) is 19.8 Å². The molecule has 11 nitrogen and oxygen atoms in total. The number of phosphoric ester groups is 1. The van der Waals surface area contributed by atoms with Gasteiger partial charge in [-0.25, -0.2) is 4.57 Å². The topological polar surface area (TPSA) is 172 Å². The SMILES string of the molecule is CCC=CCC=CCC=CCC=CCC=CCC=CCC=CCC=CCC(=O)OC[C@H](COP(=O)(O)OC[C@H](N)C(=O)O)OC(=O)CC=CCC=CCC=CCC=CCC=CCC=CCC=CCCCC. The molecule has 3 atom stereocenters. The Kier molecular flexibility index (Phi) is 47.1. The summed E-state index contributed by atoms with van der Waals surface area (Å²) >= 11 is 0. The van der Waals surface area contributed by atoms with E-state index in [0.717, 1.165) is 77.0 Å². The third kappa shape index (κ3) is 50.8. The molecule has 0 spiro atoms. The molecule has 1 unspecified atom stereocenters. The zero-order valence-corrected chi connectivity index (χ0v) is 43.6. The number of carbonyl (C=O) groups excluding carboxylic acids is 2. The molecule has 71 heavy (non-hydrogen) atoms. The summed E-state index contributed by atoms with van der Waals surface area (Å²) in [6.07, 6.45) is 77.3. The molecule has 0 aliphatic rings. The molecule has 0 saturated heterocycles. The van der Waals surface area contributed by atoms with Gasteiger partial charge >= 0.3 is 25.7 Å². The maximum Gasteiger partial charge on any atom is 0.472 e. The van der Waals surface area contributed by atoms with Crippen molar-refractivity contribution in [1.82, 2.24) is 0 Å². The van der Waals surface area contributed by atoms with Crippen LogP contribution in [0.4, 0.5) is 0 Å². The Labute approximate surface area is 427 Å². The number of nitrogens with two attached hydrogens (primary N) is 1. The molecule has 0 heterocycles. The van der Waals surface area contributed by atoms with Crippen molar-refractivity contribution in [2.45, 2.75) is 148 Å². The van der Waals surface area contributed by atoms with Crippen molar-refractivity contribution in [3.05, 3.63) is 182 Å². The first-order valence-electron chi connectivity index (χ1n) is 25.3. The number of hydrogen-bond acceptors (Lipinski definition) is 9. The molecule has 0 aromatic carbocycles. The van der Waals surface area contributed by atoms with E-state index in [2.05, 4.69) is 152 Å². The minimum Gasteiger partial charge on any atom is -0.480 e. The Bertz CT molecular complexity index is 1890. The normalized spacial score (nSPS) is 15.0. The molecule has 4 N–H and O–H groups in total. The van der Waals surface area contributed by atoms with E-state index in [1.165, 1.54) is 19.3 Å². The lowest BCUT2D eigenvalue weighted by Gasteiger charge is -2.20. The third-order valence-corrected chi connectivity index (χ3v) is 10.4. The van der Waals surface area contributed by atoms with E-state index in [4.69, 9.17) is 24.8 Å². The van der Waals surface area contributed by atoms with Gasteiger partial charge in [0.15, 0.2) is 6.10 Å². The molecule has 0 radical (unpaired) electrons. The Morgan fingerprint density at radius 3 is 1.10 bits per heavy atom. The van der Waals surface area contributed by atoms with Crippen LogP contribution in [-0.4, -0.2) is 59.9 Å². The summed E-state index contributed by atoms with van der Waals surface area (Å²) in [5.74, 6) is -2.73. The average molecular weight is 1000 g/mol. The van der Waals surface area contributed by atoms with Gasteiger partial charge < -0.3 is 25.2 Å². The monoisotopic (exact) mass is 1000 g/mol. The number of allylic oxidation sites excluding steroid dienone is 28. The number of hydrogen-bond donors (Lipinski definition) is 3. The maximum absolute atomic E-state index is 12.6. The van der Waals surface area contributed by atoms with Crippen LogP contribution in [0.5, 0.6) is 0 Å². The van der Waals surface area contributed by atoms with Crippen molar-refractivity contribution in [2.24, 2.45) is 5.73 Å². The lowest BCUT2D eigenvalue weighted by atomic mass is 10.2. The van der Waals surface area contributed by atoms with Gasteiger partial charge in [-0.15, -0.1) is 0 Å². The van der Waals surface area contributed by atoms with Crippen molar-refractivity contribution in [3.63, 3.8) is 0 Å². The number of carboxylic acid groups (broad SMARTS) is 1. The molecule has 0 aromatic heterocycles. The molecule has 0 fully saturated rings. The number of rotatable bonds is 44. The molecule has 0 aliphatic carbocycles. The first kappa shape index (κ1) is 65.6. The molecular weight excluding hydrogens is 914 g/mol. The molecule has 0 aromatic rings. The predicted octanol–water partition coefficient (Wildman–Crippen LogP) is 14.8. The smallest absolute Gasteiger partial charge is 0.472 e. The van der Waals surface area contributed by atoms with E-state index in [9.17, 15) is 23.8 Å². The van der Waals surface area contributed by atoms with Crippen molar-refractivity contribution in [3.8, 4) is 0 Å². The summed E-state index contributed by atoms with van der Waals surface area (Å²) < 4.78 is 32.6. The first-order chi connectivity index (χ1) is 34.6. The fraction of sp³-hybridized carbons (Fsp3) is 0.441. The van der Waals surface area contributed by atoms with Crippen LogP contribution in [0.3, 0.4) is 0 Å². The van der Waals surface area contributed by atoms with Gasteiger partial charge in [-0.1, -0.05) is 209 Å². The Morgan fingerprint density at radius 1 is 0.451 bits per heavy atom. The lowest BCUT2D eigenvalue weighted by molar-refractivity contribution is -0.160. The Morgan fingerprint density at radius 2 is 0.761 bits per heavy atom. The molecular formula is C59H86NO10P. The minimum absolute atomic E-state index is 0.0470. The summed E-state index contributed by atoms with van der Waals surface area (Å²) in [5, 5.41) is 8.92.